The molecule has 2 rings (SSSR count). The minimum absolute atomic E-state index is 0.157. The maximum Gasteiger partial charge on any atom is 0.128 e. The second-order valence-corrected chi connectivity index (χ2v) is 6.15. The largest absolute Gasteiger partial charge is 0.467 e. The van der Waals surface area contributed by atoms with E-state index in [-0.39, 0.29) is 6.04 Å². The van der Waals surface area contributed by atoms with E-state index in [0.717, 1.165) is 12.3 Å². The van der Waals surface area contributed by atoms with E-state index < -0.39 is 0 Å². The Labute approximate surface area is 114 Å². The van der Waals surface area contributed by atoms with Crippen LogP contribution in [0.4, 0.5) is 0 Å². The molecule has 1 unspecified atom stereocenters. The van der Waals surface area contributed by atoms with Crippen molar-refractivity contribution < 1.29 is 4.42 Å². The molecule has 17 heavy (non-hydrogen) atoms. The number of rotatable bonds is 4. The van der Waals surface area contributed by atoms with Crippen LogP contribution >= 0.6 is 27.3 Å². The molecule has 0 aliphatic carbocycles. The van der Waals surface area contributed by atoms with Gasteiger partial charge in [-0.2, -0.15) is 0 Å². The van der Waals surface area contributed by atoms with Crippen LogP contribution < -0.4 is 5.32 Å². The summed E-state index contributed by atoms with van der Waals surface area (Å²) in [6.07, 6.45) is 1.75. The van der Waals surface area contributed by atoms with Crippen molar-refractivity contribution in [2.75, 3.05) is 6.54 Å². The molecular formula is C13H16BrNOS. The van der Waals surface area contributed by atoms with E-state index >= 15 is 0 Å². The van der Waals surface area contributed by atoms with Crippen molar-refractivity contribution in [2.45, 2.75) is 26.8 Å². The zero-order chi connectivity index (χ0) is 12.4. The second-order valence-electron chi connectivity index (χ2n) is 4.01. The van der Waals surface area contributed by atoms with Gasteiger partial charge in [-0.05, 0) is 54.0 Å². The molecule has 0 radical (unpaired) electrons. The monoisotopic (exact) mass is 313 g/mol. The third-order valence-corrected chi connectivity index (χ3v) is 4.93. The SMILES string of the molecule is CCNC(c1cc(Br)c(C)s1)c1occc1C. The fourth-order valence-electron chi connectivity index (χ4n) is 1.83. The van der Waals surface area contributed by atoms with Crippen molar-refractivity contribution in [1.29, 1.82) is 0 Å². The van der Waals surface area contributed by atoms with Crippen LogP contribution in [0.1, 0.15) is 34.0 Å². The Hall–Kier alpha value is -0.580. The van der Waals surface area contributed by atoms with Gasteiger partial charge in [-0.3, -0.25) is 0 Å². The highest BCUT2D eigenvalue weighted by molar-refractivity contribution is 9.10. The molecule has 92 valence electrons. The van der Waals surface area contributed by atoms with Crippen molar-refractivity contribution in [3.63, 3.8) is 0 Å². The number of hydrogen-bond acceptors (Lipinski definition) is 3. The Kier molecular flexibility index (Phi) is 4.07. The molecule has 2 nitrogen and oxygen atoms in total. The highest BCUT2D eigenvalue weighted by Gasteiger charge is 2.20. The van der Waals surface area contributed by atoms with Crippen LogP contribution in [0, 0.1) is 13.8 Å². The van der Waals surface area contributed by atoms with Crippen LogP contribution in [0.2, 0.25) is 0 Å². The normalized spacial score (nSPS) is 12.9. The molecule has 0 saturated carbocycles. The number of halogens is 1. The standard InChI is InChI=1S/C13H16BrNOS/c1-4-15-12(13-8(2)5-6-16-13)11-7-10(14)9(3)17-11/h5-7,12,15H,4H2,1-3H3. The molecule has 0 fully saturated rings. The average molecular weight is 314 g/mol. The van der Waals surface area contributed by atoms with Crippen LogP contribution in [0.3, 0.4) is 0 Å². The van der Waals surface area contributed by atoms with Gasteiger partial charge in [-0.1, -0.05) is 6.92 Å². The van der Waals surface area contributed by atoms with Gasteiger partial charge in [0, 0.05) is 14.2 Å². The molecule has 2 aromatic rings. The predicted octanol–water partition coefficient (Wildman–Crippen LogP) is 4.42. The number of hydrogen-bond donors (Lipinski definition) is 1. The lowest BCUT2D eigenvalue weighted by Gasteiger charge is -2.14. The molecule has 1 atom stereocenters. The molecule has 1 N–H and O–H groups in total. The second kappa shape index (κ2) is 5.38. The average Bonchev–Trinajstić information content (AvgIpc) is 2.83. The third kappa shape index (κ3) is 2.64. The molecule has 0 bridgehead atoms. The molecule has 0 spiro atoms. The molecule has 0 amide bonds. The Morgan fingerprint density at radius 1 is 1.47 bits per heavy atom. The number of furan rings is 1. The highest BCUT2D eigenvalue weighted by Crippen LogP contribution is 2.34. The van der Waals surface area contributed by atoms with Crippen LogP contribution in [-0.4, -0.2) is 6.54 Å². The topological polar surface area (TPSA) is 25.2 Å². The smallest absolute Gasteiger partial charge is 0.128 e. The van der Waals surface area contributed by atoms with Gasteiger partial charge in [0.25, 0.3) is 0 Å². The number of thiophene rings is 1. The van der Waals surface area contributed by atoms with E-state index in [4.69, 9.17) is 4.42 Å². The Morgan fingerprint density at radius 3 is 2.71 bits per heavy atom. The van der Waals surface area contributed by atoms with E-state index in [0.29, 0.717) is 0 Å². The van der Waals surface area contributed by atoms with Crippen molar-refractivity contribution in [2.24, 2.45) is 0 Å². The van der Waals surface area contributed by atoms with Gasteiger partial charge in [0.05, 0.1) is 6.26 Å². The zero-order valence-electron chi connectivity index (χ0n) is 10.2. The van der Waals surface area contributed by atoms with Gasteiger partial charge in [-0.25, -0.2) is 0 Å². The van der Waals surface area contributed by atoms with Crippen molar-refractivity contribution in [3.8, 4) is 0 Å². The maximum atomic E-state index is 5.61. The summed E-state index contributed by atoms with van der Waals surface area (Å²) in [5.41, 5.74) is 1.19. The van der Waals surface area contributed by atoms with Crippen molar-refractivity contribution >= 4 is 27.3 Å². The van der Waals surface area contributed by atoms with E-state index in [9.17, 15) is 0 Å². The molecule has 2 aromatic heterocycles. The van der Waals surface area contributed by atoms with Gasteiger partial charge in [-0.15, -0.1) is 11.3 Å². The lowest BCUT2D eigenvalue weighted by molar-refractivity contribution is 0.452. The van der Waals surface area contributed by atoms with Crippen LogP contribution in [-0.2, 0) is 0 Å². The summed E-state index contributed by atoms with van der Waals surface area (Å²) < 4.78 is 6.78. The third-order valence-electron chi connectivity index (χ3n) is 2.73. The van der Waals surface area contributed by atoms with E-state index in [2.05, 4.69) is 48.1 Å². The number of nitrogens with one attached hydrogen (secondary N) is 1. The van der Waals surface area contributed by atoms with Crippen molar-refractivity contribution in [3.05, 3.63) is 43.9 Å². The van der Waals surface area contributed by atoms with Crippen molar-refractivity contribution in [1.82, 2.24) is 5.32 Å². The number of aryl methyl sites for hydroxylation is 2. The molecule has 2 heterocycles. The molecule has 0 saturated heterocycles. The first-order chi connectivity index (χ1) is 8.13. The molecule has 0 aliphatic heterocycles. The fourth-order valence-corrected chi connectivity index (χ4v) is 3.47. The quantitative estimate of drug-likeness (QED) is 0.904. The van der Waals surface area contributed by atoms with E-state index in [1.54, 1.807) is 17.6 Å². The summed E-state index contributed by atoms with van der Waals surface area (Å²) in [5.74, 6) is 1.01. The summed E-state index contributed by atoms with van der Waals surface area (Å²) in [6.45, 7) is 7.23. The first kappa shape index (κ1) is 12.9. The first-order valence-corrected chi connectivity index (χ1v) is 7.27. The lowest BCUT2D eigenvalue weighted by atomic mass is 10.1. The lowest BCUT2D eigenvalue weighted by Crippen LogP contribution is -2.21. The minimum Gasteiger partial charge on any atom is -0.467 e. The maximum absolute atomic E-state index is 5.61. The summed E-state index contributed by atoms with van der Waals surface area (Å²) in [4.78, 5) is 2.58. The van der Waals surface area contributed by atoms with Crippen LogP contribution in [0.15, 0.2) is 27.3 Å². The summed E-state index contributed by atoms with van der Waals surface area (Å²) in [5, 5.41) is 3.48. The zero-order valence-corrected chi connectivity index (χ0v) is 12.6. The fraction of sp³-hybridized carbons (Fsp3) is 0.385. The predicted molar refractivity (Wildman–Crippen MR) is 75.7 cm³/mol. The molecular weight excluding hydrogens is 298 g/mol. The Bertz CT molecular complexity index is 484. The first-order valence-electron chi connectivity index (χ1n) is 5.66. The molecule has 4 heteroatoms. The van der Waals surface area contributed by atoms with Crippen LogP contribution in [0.25, 0.3) is 0 Å². The van der Waals surface area contributed by atoms with E-state index in [1.807, 2.05) is 6.07 Å². The van der Waals surface area contributed by atoms with Gasteiger partial charge in [0.15, 0.2) is 0 Å². The summed E-state index contributed by atoms with van der Waals surface area (Å²) in [6, 6.07) is 4.34. The summed E-state index contributed by atoms with van der Waals surface area (Å²) in [7, 11) is 0. The van der Waals surface area contributed by atoms with E-state index in [1.165, 1.54) is 19.8 Å². The van der Waals surface area contributed by atoms with Gasteiger partial charge >= 0.3 is 0 Å². The van der Waals surface area contributed by atoms with Gasteiger partial charge in [0.2, 0.25) is 0 Å². The molecule has 0 aromatic carbocycles. The minimum atomic E-state index is 0.157. The van der Waals surface area contributed by atoms with Gasteiger partial charge in [0.1, 0.15) is 11.8 Å². The summed E-state index contributed by atoms with van der Waals surface area (Å²) >= 11 is 5.37. The Balaban J connectivity index is 2.39. The van der Waals surface area contributed by atoms with Gasteiger partial charge < -0.3 is 9.73 Å². The Morgan fingerprint density at radius 2 is 2.24 bits per heavy atom. The van der Waals surface area contributed by atoms with Crippen LogP contribution in [0.5, 0.6) is 0 Å². The highest BCUT2D eigenvalue weighted by atomic mass is 79.9. The molecule has 0 aliphatic rings.